The molecule has 0 fully saturated rings. The Hall–Kier alpha value is -1.25. The molecule has 2 heterocycles. The topological polar surface area (TPSA) is 28.7 Å². The van der Waals surface area contributed by atoms with E-state index in [1.807, 2.05) is 32.2 Å². The van der Waals surface area contributed by atoms with Crippen LogP contribution >= 0.6 is 0 Å². The number of aromatic amines is 1. The molecule has 62 valence electrons. The molecule has 2 aromatic rings. The first-order chi connectivity index (χ1) is 5.86. The highest BCUT2D eigenvalue weighted by Crippen LogP contribution is 2.04. The maximum absolute atomic E-state index is 5.51. The molecule has 0 atom stereocenters. The third-order valence-electron chi connectivity index (χ3n) is 1.42. The minimum Gasteiger partial charge on any atom is -0.346 e. The highest BCUT2D eigenvalue weighted by molar-refractivity contribution is 6.32. The molecule has 0 amide bonds. The number of aromatic nitrogens is 2. The highest BCUT2D eigenvalue weighted by Gasteiger charge is 1.92. The monoisotopic (exact) mass is 160 g/mol. The second kappa shape index (κ2) is 3.95. The number of H-pyrrole nitrogens is 1. The van der Waals surface area contributed by atoms with Crippen LogP contribution in [0.1, 0.15) is 15.3 Å². The lowest BCUT2D eigenvalue weighted by atomic mass is 9.98. The molecule has 0 spiro atoms. The third kappa shape index (κ3) is 1.67. The van der Waals surface area contributed by atoms with E-state index in [-0.39, 0.29) is 1.43 Å². The third-order valence-corrected chi connectivity index (χ3v) is 1.42. The van der Waals surface area contributed by atoms with Gasteiger partial charge >= 0.3 is 0 Å². The van der Waals surface area contributed by atoms with E-state index in [1.165, 1.54) is 0 Å². The second-order valence-corrected chi connectivity index (χ2v) is 2.18. The molecule has 0 aromatic carbocycles. The van der Waals surface area contributed by atoms with Crippen LogP contribution < -0.4 is 5.46 Å². The van der Waals surface area contributed by atoms with Gasteiger partial charge in [0.25, 0.3) is 0 Å². The number of hydrogen-bond donors (Lipinski definition) is 1. The molecule has 2 radical (unpaired) electrons. The van der Waals surface area contributed by atoms with E-state index in [2.05, 4.69) is 9.97 Å². The Labute approximate surface area is 74.9 Å². The van der Waals surface area contributed by atoms with Crippen LogP contribution in [0.3, 0.4) is 0 Å². The lowest BCUT2D eigenvalue weighted by molar-refractivity contribution is 1.34. The summed E-state index contributed by atoms with van der Waals surface area (Å²) in [6.07, 6.45) is 3.48. The number of nitrogens with one attached hydrogen (secondary N) is 1. The zero-order valence-corrected chi connectivity index (χ0v) is 7.33. The van der Waals surface area contributed by atoms with Crippen molar-refractivity contribution in [3.05, 3.63) is 24.5 Å². The molecule has 2 rings (SSSR count). The van der Waals surface area contributed by atoms with Gasteiger partial charge in [0.2, 0.25) is 0 Å². The summed E-state index contributed by atoms with van der Waals surface area (Å²) in [5.41, 5.74) is 1.58. The van der Waals surface area contributed by atoms with E-state index in [0.717, 1.165) is 11.0 Å². The number of pyridine rings is 1. The Kier molecular flexibility index (Phi) is 2.91. The van der Waals surface area contributed by atoms with Crippen molar-refractivity contribution in [2.24, 2.45) is 0 Å². The van der Waals surface area contributed by atoms with Crippen molar-refractivity contribution in [1.29, 1.82) is 0 Å². The summed E-state index contributed by atoms with van der Waals surface area (Å²) in [5, 5.41) is 1.06. The summed E-state index contributed by atoms with van der Waals surface area (Å²) in [4.78, 5) is 7.04. The molecule has 3 heteroatoms. The molecule has 0 saturated carbocycles. The molecule has 0 aliphatic carbocycles. The van der Waals surface area contributed by atoms with Crippen LogP contribution in [0.15, 0.2) is 24.5 Å². The average Bonchev–Trinajstić information content (AvgIpc) is 2.54. The minimum absolute atomic E-state index is 0. The van der Waals surface area contributed by atoms with Gasteiger partial charge in [-0.1, -0.05) is 25.4 Å². The fraction of sp³-hybridized carbons (Fsp3) is 0.222. The molecule has 0 bridgehead atoms. The fourth-order valence-electron chi connectivity index (χ4n) is 0.957. The van der Waals surface area contributed by atoms with E-state index in [0.29, 0.717) is 5.46 Å². The van der Waals surface area contributed by atoms with Crippen molar-refractivity contribution in [3.8, 4) is 0 Å². The van der Waals surface area contributed by atoms with Crippen LogP contribution in [0.5, 0.6) is 0 Å². The van der Waals surface area contributed by atoms with Crippen molar-refractivity contribution in [3.63, 3.8) is 0 Å². The summed E-state index contributed by atoms with van der Waals surface area (Å²) in [5.74, 6) is 0. The number of fused-ring (bicyclic) bond motifs is 1. The average molecular weight is 160 g/mol. The van der Waals surface area contributed by atoms with Gasteiger partial charge in [0, 0.05) is 19.2 Å². The Morgan fingerprint density at radius 1 is 1.50 bits per heavy atom. The molecule has 0 unspecified atom stereocenters. The van der Waals surface area contributed by atoms with Gasteiger partial charge < -0.3 is 4.98 Å². The first-order valence-electron chi connectivity index (χ1n) is 4.05. The Bertz CT molecular complexity index is 359. The van der Waals surface area contributed by atoms with Crippen LogP contribution in [0.4, 0.5) is 0 Å². The zero-order valence-electron chi connectivity index (χ0n) is 7.33. The van der Waals surface area contributed by atoms with Gasteiger partial charge in [0.1, 0.15) is 13.5 Å². The van der Waals surface area contributed by atoms with Gasteiger partial charge in [-0.15, -0.1) is 0 Å². The molecule has 2 nitrogen and oxygen atoms in total. The van der Waals surface area contributed by atoms with Gasteiger partial charge in [-0.25, -0.2) is 4.98 Å². The first kappa shape index (κ1) is 8.85. The molecule has 0 aliphatic heterocycles. The van der Waals surface area contributed by atoms with Gasteiger partial charge in [0.05, 0.1) is 0 Å². The van der Waals surface area contributed by atoms with Crippen molar-refractivity contribution in [2.75, 3.05) is 0 Å². The minimum atomic E-state index is 0. The lowest BCUT2D eigenvalue weighted by Crippen LogP contribution is -2.01. The Balaban J connectivity index is 0.000000451. The molecular weight excluding hydrogens is 147 g/mol. The SMILES string of the molecule is CC.[B]c1cnc2[nH]ccc2c1.[HH]. The van der Waals surface area contributed by atoms with Crippen LogP contribution in [0.2, 0.25) is 0 Å². The molecule has 0 aliphatic rings. The second-order valence-electron chi connectivity index (χ2n) is 2.18. The Morgan fingerprint density at radius 3 is 3.00 bits per heavy atom. The van der Waals surface area contributed by atoms with Crippen LogP contribution in [-0.4, -0.2) is 17.8 Å². The lowest BCUT2D eigenvalue weighted by Gasteiger charge is -1.89. The van der Waals surface area contributed by atoms with Gasteiger partial charge in [0.15, 0.2) is 0 Å². The van der Waals surface area contributed by atoms with Gasteiger partial charge in [-0.05, 0) is 6.07 Å². The molecule has 12 heavy (non-hydrogen) atoms. The molecule has 1 N–H and O–H groups in total. The van der Waals surface area contributed by atoms with Crippen molar-refractivity contribution < 1.29 is 1.43 Å². The van der Waals surface area contributed by atoms with Crippen molar-refractivity contribution >= 4 is 24.3 Å². The summed E-state index contributed by atoms with van der Waals surface area (Å²) in [6.45, 7) is 4.00. The van der Waals surface area contributed by atoms with E-state index < -0.39 is 0 Å². The summed E-state index contributed by atoms with van der Waals surface area (Å²) < 4.78 is 0. The zero-order chi connectivity index (χ0) is 8.97. The predicted molar refractivity (Wildman–Crippen MR) is 54.9 cm³/mol. The number of hydrogen-bond acceptors (Lipinski definition) is 1. The van der Waals surface area contributed by atoms with E-state index in [4.69, 9.17) is 7.85 Å². The number of rotatable bonds is 0. The smallest absolute Gasteiger partial charge is 0.137 e. The largest absolute Gasteiger partial charge is 0.346 e. The van der Waals surface area contributed by atoms with Crippen molar-refractivity contribution in [2.45, 2.75) is 13.8 Å². The van der Waals surface area contributed by atoms with Crippen LogP contribution in [0.25, 0.3) is 11.0 Å². The van der Waals surface area contributed by atoms with Crippen LogP contribution in [0, 0.1) is 0 Å². The van der Waals surface area contributed by atoms with Crippen LogP contribution in [-0.2, 0) is 0 Å². The van der Waals surface area contributed by atoms with Gasteiger partial charge in [-0.2, -0.15) is 0 Å². The standard InChI is InChI=1S/C7H5BN2.C2H6.H2/c8-6-3-5-1-2-9-7(5)10-4-6;1-2;/h1-4H,(H,9,10);1-2H3;1H. The highest BCUT2D eigenvalue weighted by atomic mass is 14.8. The Morgan fingerprint density at radius 2 is 2.25 bits per heavy atom. The maximum atomic E-state index is 5.51. The summed E-state index contributed by atoms with van der Waals surface area (Å²) in [6, 6.07) is 3.83. The predicted octanol–water partition coefficient (Wildman–Crippen LogP) is 1.63. The normalized spacial score (nSPS) is 9.17. The first-order valence-corrected chi connectivity index (χ1v) is 4.05. The quantitative estimate of drug-likeness (QED) is 0.583. The van der Waals surface area contributed by atoms with Gasteiger partial charge in [-0.3, -0.25) is 0 Å². The molecule has 2 aromatic heterocycles. The summed E-state index contributed by atoms with van der Waals surface area (Å²) >= 11 is 0. The maximum Gasteiger partial charge on any atom is 0.137 e. The van der Waals surface area contributed by atoms with E-state index in [1.54, 1.807) is 6.20 Å². The molecular formula is C9H13BN2. The fourth-order valence-corrected chi connectivity index (χ4v) is 0.957. The summed E-state index contributed by atoms with van der Waals surface area (Å²) in [7, 11) is 5.51. The van der Waals surface area contributed by atoms with E-state index in [9.17, 15) is 0 Å². The van der Waals surface area contributed by atoms with E-state index >= 15 is 0 Å². The number of nitrogens with zero attached hydrogens (tertiary/aromatic N) is 1. The molecule has 0 saturated heterocycles. The van der Waals surface area contributed by atoms with Crippen molar-refractivity contribution in [1.82, 2.24) is 9.97 Å².